The van der Waals surface area contributed by atoms with E-state index < -0.39 is 27.3 Å². The average Bonchev–Trinajstić information content (AvgIpc) is 2.85. The predicted octanol–water partition coefficient (Wildman–Crippen LogP) is 4.82. The van der Waals surface area contributed by atoms with E-state index in [1.54, 1.807) is 42.5 Å². The minimum atomic E-state index is -3.10. The molecular formula is C23H20F2N6O2S. The second-order valence-electron chi connectivity index (χ2n) is 7.05. The molecule has 4 rings (SSSR count). The second kappa shape index (κ2) is 9.79. The Balaban J connectivity index is 1.62. The zero-order valence-electron chi connectivity index (χ0n) is 18.0. The summed E-state index contributed by atoms with van der Waals surface area (Å²) in [5.41, 5.74) is 6.88. The second-order valence-corrected chi connectivity index (χ2v) is 9.19. The summed E-state index contributed by atoms with van der Waals surface area (Å²) in [6, 6.07) is 16.3. The molecule has 0 aliphatic heterocycles. The standard InChI is InChI=1S/C23H20F2N6O2S/c1-27-34(32,14-15-6-3-2-4-7-15)31-18-9-10-19(21(25)20(18)24)33-22-16(8-5-12-28-22)17-11-13-29-23(26)30-17/h2-13H,14H2,1H3,(H2,26,29,30)(H,27,31,32). The number of nitrogens with zero attached hydrogens (tertiary/aromatic N) is 4. The number of nitrogens with two attached hydrogens (primary N) is 1. The van der Waals surface area contributed by atoms with Crippen LogP contribution in [-0.2, 0) is 15.7 Å². The van der Waals surface area contributed by atoms with E-state index in [1.807, 2.05) is 6.07 Å². The van der Waals surface area contributed by atoms with E-state index in [0.29, 0.717) is 11.3 Å². The van der Waals surface area contributed by atoms with Gasteiger partial charge >= 0.3 is 0 Å². The Labute approximate surface area is 195 Å². The fourth-order valence-corrected chi connectivity index (χ4v) is 4.54. The molecule has 34 heavy (non-hydrogen) atoms. The molecule has 0 aliphatic rings. The van der Waals surface area contributed by atoms with Crippen molar-refractivity contribution < 1.29 is 17.7 Å². The number of hydrogen-bond acceptors (Lipinski definition) is 7. The van der Waals surface area contributed by atoms with Gasteiger partial charge in [0.15, 0.2) is 11.6 Å². The van der Waals surface area contributed by atoms with Crippen LogP contribution in [0.3, 0.4) is 0 Å². The van der Waals surface area contributed by atoms with Gasteiger partial charge in [0, 0.05) is 19.4 Å². The SMILES string of the molecule is CN=S(=O)(Cc1ccccc1)Nc1ccc(Oc2ncccc2-c2ccnc(N)n2)c(F)c1F. The van der Waals surface area contributed by atoms with Crippen LogP contribution in [0.15, 0.2) is 77.4 Å². The summed E-state index contributed by atoms with van der Waals surface area (Å²) in [6.45, 7) is 0. The molecule has 0 fully saturated rings. The lowest BCUT2D eigenvalue weighted by Crippen LogP contribution is -2.16. The van der Waals surface area contributed by atoms with Gasteiger partial charge in [-0.15, -0.1) is 0 Å². The minimum absolute atomic E-state index is 0.00367. The number of rotatable bonds is 7. The van der Waals surface area contributed by atoms with Gasteiger partial charge in [0.05, 0.1) is 22.7 Å². The van der Waals surface area contributed by atoms with Crippen molar-refractivity contribution in [3.05, 3.63) is 90.3 Å². The Bertz CT molecular complexity index is 1440. The van der Waals surface area contributed by atoms with Crippen LogP contribution in [0.1, 0.15) is 5.56 Å². The van der Waals surface area contributed by atoms with Crippen LogP contribution >= 0.6 is 0 Å². The average molecular weight is 483 g/mol. The topological polar surface area (TPSA) is 115 Å². The van der Waals surface area contributed by atoms with E-state index in [9.17, 15) is 13.0 Å². The van der Waals surface area contributed by atoms with Crippen molar-refractivity contribution in [1.82, 2.24) is 15.0 Å². The van der Waals surface area contributed by atoms with E-state index in [1.165, 1.54) is 31.6 Å². The summed E-state index contributed by atoms with van der Waals surface area (Å²) >= 11 is 0. The lowest BCUT2D eigenvalue weighted by molar-refractivity contribution is 0.407. The summed E-state index contributed by atoms with van der Waals surface area (Å²) in [6.07, 6.45) is 2.90. The Morgan fingerprint density at radius 1 is 1.00 bits per heavy atom. The summed E-state index contributed by atoms with van der Waals surface area (Å²) in [4.78, 5) is 12.0. The molecule has 174 valence electrons. The first-order valence-corrected chi connectivity index (χ1v) is 11.7. The smallest absolute Gasteiger partial charge is 0.228 e. The van der Waals surface area contributed by atoms with Crippen LogP contribution in [0.2, 0.25) is 0 Å². The molecule has 0 saturated carbocycles. The quantitative estimate of drug-likeness (QED) is 0.390. The monoisotopic (exact) mass is 482 g/mol. The van der Waals surface area contributed by atoms with E-state index in [0.717, 1.165) is 5.56 Å². The lowest BCUT2D eigenvalue weighted by Gasteiger charge is -2.15. The number of anilines is 2. The third-order valence-electron chi connectivity index (χ3n) is 4.74. The molecule has 0 spiro atoms. The van der Waals surface area contributed by atoms with Gasteiger partial charge in [-0.2, -0.15) is 4.39 Å². The van der Waals surface area contributed by atoms with Gasteiger partial charge in [-0.3, -0.25) is 4.72 Å². The molecule has 3 N–H and O–H groups in total. The van der Waals surface area contributed by atoms with Crippen LogP contribution in [-0.4, -0.2) is 26.2 Å². The van der Waals surface area contributed by atoms with Gasteiger partial charge in [-0.05, 0) is 35.9 Å². The zero-order chi connectivity index (χ0) is 24.1. The van der Waals surface area contributed by atoms with Crippen molar-refractivity contribution in [1.29, 1.82) is 0 Å². The number of hydrogen-bond donors (Lipinski definition) is 2. The molecule has 1 atom stereocenters. The maximum absolute atomic E-state index is 14.9. The van der Waals surface area contributed by atoms with Crippen molar-refractivity contribution in [2.45, 2.75) is 5.75 Å². The Hall–Kier alpha value is -4.12. The fourth-order valence-electron chi connectivity index (χ4n) is 3.10. The highest BCUT2D eigenvalue weighted by Crippen LogP contribution is 2.34. The minimum Gasteiger partial charge on any atom is -0.435 e. The van der Waals surface area contributed by atoms with Gasteiger partial charge in [0.25, 0.3) is 0 Å². The summed E-state index contributed by atoms with van der Waals surface area (Å²) in [5.74, 6) is -2.89. The molecule has 0 bridgehead atoms. The number of nitrogen functional groups attached to an aromatic ring is 1. The summed E-state index contributed by atoms with van der Waals surface area (Å²) in [7, 11) is -1.75. The van der Waals surface area contributed by atoms with Gasteiger partial charge < -0.3 is 10.5 Å². The molecule has 2 heterocycles. The van der Waals surface area contributed by atoms with Gasteiger partial charge in [-0.1, -0.05) is 30.3 Å². The first kappa shape index (κ1) is 23.1. The first-order chi connectivity index (χ1) is 16.4. The number of halogens is 2. The van der Waals surface area contributed by atoms with E-state index in [2.05, 4.69) is 24.0 Å². The molecular weight excluding hydrogens is 462 g/mol. The Kier molecular flexibility index (Phi) is 6.64. The van der Waals surface area contributed by atoms with E-state index in [-0.39, 0.29) is 23.3 Å². The lowest BCUT2D eigenvalue weighted by atomic mass is 10.2. The molecule has 4 aromatic rings. The summed E-state index contributed by atoms with van der Waals surface area (Å²) in [5, 5.41) is 0. The van der Waals surface area contributed by atoms with Crippen molar-refractivity contribution in [2.75, 3.05) is 17.5 Å². The molecule has 8 nitrogen and oxygen atoms in total. The number of benzene rings is 2. The number of nitrogens with one attached hydrogen (secondary N) is 1. The maximum atomic E-state index is 14.9. The highest BCUT2D eigenvalue weighted by atomic mass is 32.2. The van der Waals surface area contributed by atoms with Gasteiger partial charge in [0.2, 0.25) is 17.6 Å². The van der Waals surface area contributed by atoms with Gasteiger partial charge in [0.1, 0.15) is 9.92 Å². The molecule has 0 amide bonds. The molecule has 0 aliphatic carbocycles. The molecule has 2 aromatic heterocycles. The van der Waals surface area contributed by atoms with Crippen molar-refractivity contribution in [3.8, 4) is 22.9 Å². The van der Waals surface area contributed by atoms with Crippen molar-refractivity contribution >= 4 is 21.6 Å². The Morgan fingerprint density at radius 3 is 2.53 bits per heavy atom. The number of ether oxygens (including phenoxy) is 1. The van der Waals surface area contributed by atoms with Gasteiger partial charge in [-0.25, -0.2) is 27.9 Å². The third-order valence-corrected chi connectivity index (χ3v) is 6.60. The van der Waals surface area contributed by atoms with Crippen LogP contribution in [0.25, 0.3) is 11.3 Å². The molecule has 0 saturated heterocycles. The van der Waals surface area contributed by atoms with Crippen LogP contribution in [0.5, 0.6) is 11.6 Å². The molecule has 0 radical (unpaired) electrons. The summed E-state index contributed by atoms with van der Waals surface area (Å²) < 4.78 is 55.0. The predicted molar refractivity (Wildman–Crippen MR) is 126 cm³/mol. The van der Waals surface area contributed by atoms with Crippen molar-refractivity contribution in [3.63, 3.8) is 0 Å². The van der Waals surface area contributed by atoms with Crippen molar-refractivity contribution in [2.24, 2.45) is 4.36 Å². The van der Waals surface area contributed by atoms with Crippen LogP contribution < -0.4 is 15.2 Å². The molecule has 1 unspecified atom stereocenters. The normalized spacial score (nSPS) is 12.6. The highest BCUT2D eigenvalue weighted by Gasteiger charge is 2.20. The van der Waals surface area contributed by atoms with Crippen LogP contribution in [0, 0.1) is 11.6 Å². The highest BCUT2D eigenvalue weighted by molar-refractivity contribution is 7.94. The largest absolute Gasteiger partial charge is 0.435 e. The van der Waals surface area contributed by atoms with Crippen LogP contribution in [0.4, 0.5) is 20.4 Å². The third kappa shape index (κ3) is 5.09. The molecule has 11 heteroatoms. The maximum Gasteiger partial charge on any atom is 0.228 e. The Morgan fingerprint density at radius 2 is 1.79 bits per heavy atom. The fraction of sp³-hybridized carbons (Fsp3) is 0.0870. The first-order valence-electron chi connectivity index (χ1n) is 10.0. The van der Waals surface area contributed by atoms with E-state index >= 15 is 0 Å². The number of aromatic nitrogens is 3. The molecule has 2 aromatic carbocycles. The number of pyridine rings is 1. The zero-order valence-corrected chi connectivity index (χ0v) is 18.8. The van der Waals surface area contributed by atoms with E-state index in [4.69, 9.17) is 10.5 Å².